The molecular weight excluding hydrogens is 338 g/mol. The molecule has 1 aromatic heterocycles. The number of para-hydroxylation sites is 1. The highest BCUT2D eigenvalue weighted by molar-refractivity contribution is 9.10. The van der Waals surface area contributed by atoms with Crippen LogP contribution in [0.15, 0.2) is 47.2 Å². The largest absolute Gasteiger partial charge is 0.367 e. The maximum Gasteiger partial charge on any atom is 0.0639 e. The van der Waals surface area contributed by atoms with Gasteiger partial charge < -0.3 is 9.80 Å². The number of halogens is 2. The van der Waals surface area contributed by atoms with Gasteiger partial charge in [0.15, 0.2) is 0 Å². The normalized spacial score (nSPS) is 15.5. The molecule has 0 amide bonds. The van der Waals surface area contributed by atoms with Crippen molar-refractivity contribution in [3.05, 3.63) is 52.2 Å². The van der Waals surface area contributed by atoms with Crippen molar-refractivity contribution in [2.75, 3.05) is 36.0 Å². The molecule has 5 heteroatoms. The summed E-state index contributed by atoms with van der Waals surface area (Å²) < 4.78 is 1.02. The van der Waals surface area contributed by atoms with Gasteiger partial charge in [0, 0.05) is 36.8 Å². The smallest absolute Gasteiger partial charge is 0.0639 e. The van der Waals surface area contributed by atoms with E-state index in [2.05, 4.69) is 42.8 Å². The predicted octanol–water partition coefficient (Wildman–Crippen LogP) is 3.82. The summed E-state index contributed by atoms with van der Waals surface area (Å²) in [6.45, 7) is 3.89. The number of pyridine rings is 1. The second kappa shape index (κ2) is 6.02. The van der Waals surface area contributed by atoms with Crippen LogP contribution in [0.2, 0.25) is 5.02 Å². The fraction of sp³-hybridized carbons (Fsp3) is 0.267. The molecule has 0 N–H and O–H groups in total. The van der Waals surface area contributed by atoms with Gasteiger partial charge in [-0.3, -0.25) is 4.98 Å². The van der Waals surface area contributed by atoms with Crippen molar-refractivity contribution in [1.82, 2.24) is 4.98 Å². The van der Waals surface area contributed by atoms with E-state index in [1.807, 2.05) is 30.6 Å². The number of aromatic nitrogens is 1. The molecule has 0 spiro atoms. The van der Waals surface area contributed by atoms with Crippen LogP contribution >= 0.6 is 27.5 Å². The lowest BCUT2D eigenvalue weighted by atomic mass is 10.2. The lowest BCUT2D eigenvalue weighted by molar-refractivity contribution is 0.652. The van der Waals surface area contributed by atoms with Gasteiger partial charge in [-0.05, 0) is 34.1 Å². The van der Waals surface area contributed by atoms with Gasteiger partial charge in [-0.15, -0.1) is 0 Å². The Morgan fingerprint density at radius 1 is 1.00 bits per heavy atom. The summed E-state index contributed by atoms with van der Waals surface area (Å²) in [5.41, 5.74) is 2.29. The van der Waals surface area contributed by atoms with Gasteiger partial charge in [0.1, 0.15) is 0 Å². The zero-order valence-corrected chi connectivity index (χ0v) is 13.3. The standard InChI is InChI=1S/C15H15BrClN3/c16-12-9-13(11-18-10-12)19-5-7-20(8-6-19)15-4-2-1-3-14(15)17/h1-4,9-11H,5-8H2. The summed E-state index contributed by atoms with van der Waals surface area (Å²) in [7, 11) is 0. The van der Waals surface area contributed by atoms with Crippen LogP contribution in [0.3, 0.4) is 0 Å². The topological polar surface area (TPSA) is 19.4 Å². The first kappa shape index (κ1) is 13.7. The average Bonchev–Trinajstić information content (AvgIpc) is 2.48. The minimum absolute atomic E-state index is 0.824. The Balaban J connectivity index is 1.70. The molecule has 3 nitrogen and oxygen atoms in total. The summed E-state index contributed by atoms with van der Waals surface area (Å²) in [5, 5.41) is 0.824. The van der Waals surface area contributed by atoms with Crippen molar-refractivity contribution in [2.45, 2.75) is 0 Å². The number of piperazine rings is 1. The Labute approximate surface area is 132 Å². The molecule has 1 aliphatic heterocycles. The third kappa shape index (κ3) is 2.91. The van der Waals surface area contributed by atoms with E-state index >= 15 is 0 Å². The monoisotopic (exact) mass is 351 g/mol. The molecule has 0 unspecified atom stereocenters. The third-order valence-electron chi connectivity index (χ3n) is 3.53. The molecule has 1 aliphatic rings. The third-order valence-corrected chi connectivity index (χ3v) is 4.28. The van der Waals surface area contributed by atoms with Gasteiger partial charge in [0.25, 0.3) is 0 Å². The van der Waals surface area contributed by atoms with Crippen LogP contribution < -0.4 is 9.80 Å². The van der Waals surface area contributed by atoms with Crippen LogP contribution in [0.25, 0.3) is 0 Å². The molecule has 2 heterocycles. The van der Waals surface area contributed by atoms with Gasteiger partial charge in [-0.2, -0.15) is 0 Å². The van der Waals surface area contributed by atoms with Crippen molar-refractivity contribution in [2.24, 2.45) is 0 Å². The van der Waals surface area contributed by atoms with Crippen molar-refractivity contribution in [1.29, 1.82) is 0 Å². The van der Waals surface area contributed by atoms with Gasteiger partial charge in [-0.25, -0.2) is 0 Å². The first-order chi connectivity index (χ1) is 9.74. The predicted molar refractivity (Wildman–Crippen MR) is 87.8 cm³/mol. The van der Waals surface area contributed by atoms with E-state index in [0.717, 1.165) is 47.0 Å². The van der Waals surface area contributed by atoms with Gasteiger partial charge >= 0.3 is 0 Å². The number of nitrogens with zero attached hydrogens (tertiary/aromatic N) is 3. The Hall–Kier alpha value is -1.26. The molecule has 0 radical (unpaired) electrons. The van der Waals surface area contributed by atoms with Crippen LogP contribution in [-0.4, -0.2) is 31.2 Å². The SMILES string of the molecule is Clc1ccccc1N1CCN(c2cncc(Br)c2)CC1. The Bertz CT molecular complexity index is 597. The first-order valence-electron chi connectivity index (χ1n) is 6.59. The zero-order chi connectivity index (χ0) is 13.9. The van der Waals surface area contributed by atoms with Crippen molar-refractivity contribution >= 4 is 38.9 Å². The van der Waals surface area contributed by atoms with Crippen molar-refractivity contribution in [3.8, 4) is 0 Å². The number of hydrogen-bond acceptors (Lipinski definition) is 3. The van der Waals surface area contributed by atoms with Crippen LogP contribution in [-0.2, 0) is 0 Å². The fourth-order valence-corrected chi connectivity index (χ4v) is 3.10. The van der Waals surface area contributed by atoms with Gasteiger partial charge in [-0.1, -0.05) is 23.7 Å². The molecule has 2 aromatic rings. The summed E-state index contributed by atoms with van der Waals surface area (Å²) in [4.78, 5) is 8.92. The van der Waals surface area contributed by atoms with E-state index in [1.54, 1.807) is 0 Å². The number of hydrogen-bond donors (Lipinski definition) is 0. The van der Waals surface area contributed by atoms with E-state index in [-0.39, 0.29) is 0 Å². The highest BCUT2D eigenvalue weighted by Crippen LogP contribution is 2.27. The van der Waals surface area contributed by atoms with E-state index in [4.69, 9.17) is 11.6 Å². The molecule has 1 saturated heterocycles. The Morgan fingerprint density at radius 2 is 1.70 bits per heavy atom. The highest BCUT2D eigenvalue weighted by atomic mass is 79.9. The van der Waals surface area contributed by atoms with E-state index in [9.17, 15) is 0 Å². The second-order valence-corrected chi connectivity index (χ2v) is 6.11. The summed E-state index contributed by atoms with van der Waals surface area (Å²) in [5.74, 6) is 0. The van der Waals surface area contributed by atoms with Crippen molar-refractivity contribution in [3.63, 3.8) is 0 Å². The van der Waals surface area contributed by atoms with Crippen LogP contribution in [0, 0.1) is 0 Å². The molecule has 0 atom stereocenters. The number of rotatable bonds is 2. The molecule has 0 bridgehead atoms. The van der Waals surface area contributed by atoms with E-state index in [0.29, 0.717) is 0 Å². The zero-order valence-electron chi connectivity index (χ0n) is 11.0. The second-order valence-electron chi connectivity index (χ2n) is 4.79. The lowest BCUT2D eigenvalue weighted by Crippen LogP contribution is -2.46. The maximum atomic E-state index is 6.26. The molecule has 0 aliphatic carbocycles. The van der Waals surface area contributed by atoms with Crippen molar-refractivity contribution < 1.29 is 0 Å². The average molecular weight is 353 g/mol. The summed E-state index contributed by atoms with van der Waals surface area (Å²) in [6.07, 6.45) is 3.72. The Morgan fingerprint density at radius 3 is 2.40 bits per heavy atom. The maximum absolute atomic E-state index is 6.26. The van der Waals surface area contributed by atoms with Crippen LogP contribution in [0.1, 0.15) is 0 Å². The molecule has 20 heavy (non-hydrogen) atoms. The van der Waals surface area contributed by atoms with Gasteiger partial charge in [0.05, 0.1) is 22.6 Å². The lowest BCUT2D eigenvalue weighted by Gasteiger charge is -2.37. The first-order valence-corrected chi connectivity index (χ1v) is 7.76. The summed E-state index contributed by atoms with van der Waals surface area (Å²) >= 11 is 9.73. The molecule has 3 rings (SSSR count). The summed E-state index contributed by atoms with van der Waals surface area (Å²) in [6, 6.07) is 10.1. The quantitative estimate of drug-likeness (QED) is 0.819. The van der Waals surface area contributed by atoms with Crippen LogP contribution in [0.5, 0.6) is 0 Å². The minimum atomic E-state index is 0.824. The molecule has 0 saturated carbocycles. The molecule has 104 valence electrons. The molecular formula is C15H15BrClN3. The molecule has 1 aromatic carbocycles. The number of benzene rings is 1. The van der Waals surface area contributed by atoms with Crippen LogP contribution in [0.4, 0.5) is 11.4 Å². The van der Waals surface area contributed by atoms with E-state index in [1.165, 1.54) is 0 Å². The number of anilines is 2. The minimum Gasteiger partial charge on any atom is -0.367 e. The highest BCUT2D eigenvalue weighted by Gasteiger charge is 2.19. The van der Waals surface area contributed by atoms with Gasteiger partial charge in [0.2, 0.25) is 0 Å². The van der Waals surface area contributed by atoms with E-state index < -0.39 is 0 Å². The fourth-order valence-electron chi connectivity index (χ4n) is 2.49. The molecule has 1 fully saturated rings. The Kier molecular flexibility index (Phi) is 4.13.